The Morgan fingerprint density at radius 1 is 0.481 bits per heavy atom. The lowest BCUT2D eigenvalue weighted by Gasteiger charge is -2.39. The third kappa shape index (κ3) is 14.6. The van der Waals surface area contributed by atoms with Crippen LogP contribution in [0, 0.1) is 5.92 Å². The molecule has 164 valence electrons. The maximum atomic E-state index is 7.08. The van der Waals surface area contributed by atoms with E-state index >= 15 is 0 Å². The molecule has 2 N–H and O–H groups in total. The summed E-state index contributed by atoms with van der Waals surface area (Å²) in [4.78, 5) is 0. The van der Waals surface area contributed by atoms with E-state index < -0.39 is 0 Å². The highest BCUT2D eigenvalue weighted by Crippen LogP contribution is 2.34. The maximum absolute atomic E-state index is 7.08. The van der Waals surface area contributed by atoms with Crippen LogP contribution in [-0.4, -0.2) is 5.54 Å². The molecule has 1 atom stereocenters. The number of unbranched alkanes of at least 4 members (excludes halogenated alkanes) is 12. The molecule has 0 fully saturated rings. The van der Waals surface area contributed by atoms with Gasteiger partial charge in [0.2, 0.25) is 0 Å². The third-order valence-corrected chi connectivity index (χ3v) is 6.62. The lowest BCUT2D eigenvalue weighted by Crippen LogP contribution is -2.47. The smallest absolute Gasteiger partial charge is 0.0182 e. The van der Waals surface area contributed by atoms with Crippen molar-refractivity contribution in [3.05, 3.63) is 0 Å². The first-order valence-corrected chi connectivity index (χ1v) is 12.9. The highest BCUT2D eigenvalue weighted by Gasteiger charge is 2.32. The Hall–Kier alpha value is -0.0400. The summed E-state index contributed by atoms with van der Waals surface area (Å²) < 4.78 is 0. The molecule has 27 heavy (non-hydrogen) atoms. The lowest BCUT2D eigenvalue weighted by atomic mass is 9.72. The van der Waals surface area contributed by atoms with Gasteiger partial charge in [0, 0.05) is 5.54 Å². The van der Waals surface area contributed by atoms with Crippen LogP contribution in [0.4, 0.5) is 0 Å². The molecule has 0 aliphatic rings. The van der Waals surface area contributed by atoms with Crippen molar-refractivity contribution in [3.63, 3.8) is 0 Å². The van der Waals surface area contributed by atoms with E-state index in [2.05, 4.69) is 27.7 Å². The van der Waals surface area contributed by atoms with Crippen molar-refractivity contribution in [1.29, 1.82) is 0 Å². The first kappa shape index (κ1) is 27.0. The van der Waals surface area contributed by atoms with E-state index in [0.29, 0.717) is 0 Å². The van der Waals surface area contributed by atoms with Crippen molar-refractivity contribution >= 4 is 0 Å². The Kier molecular flexibility index (Phi) is 19.3. The van der Waals surface area contributed by atoms with Crippen LogP contribution in [0.15, 0.2) is 0 Å². The Morgan fingerprint density at radius 2 is 0.852 bits per heavy atom. The van der Waals surface area contributed by atoms with Gasteiger partial charge in [0.05, 0.1) is 0 Å². The Bertz CT molecular complexity index is 278. The summed E-state index contributed by atoms with van der Waals surface area (Å²) in [6, 6.07) is 0. The second-order valence-corrected chi connectivity index (χ2v) is 9.25. The molecule has 0 aromatic heterocycles. The van der Waals surface area contributed by atoms with E-state index in [1.807, 2.05) is 0 Å². The molecule has 0 heterocycles. The van der Waals surface area contributed by atoms with Gasteiger partial charge in [-0.2, -0.15) is 0 Å². The monoisotopic (exact) mass is 381 g/mol. The number of hydrogen-bond donors (Lipinski definition) is 1. The standard InChI is InChI=1S/C26H55N/c1-5-9-13-14-15-16-17-18-19-20-22-25(21-10-6-2)26(27,23-11-7-3)24-12-8-4/h25H,5-24,27H2,1-4H3. The Balaban J connectivity index is 4.21. The predicted octanol–water partition coefficient (Wildman–Crippen LogP) is 9.18. The molecule has 0 aromatic rings. The Labute approximate surface area is 173 Å². The van der Waals surface area contributed by atoms with E-state index in [0.717, 1.165) is 5.92 Å². The molecule has 0 saturated carbocycles. The van der Waals surface area contributed by atoms with E-state index in [9.17, 15) is 0 Å². The van der Waals surface area contributed by atoms with Crippen molar-refractivity contribution in [3.8, 4) is 0 Å². The summed E-state index contributed by atoms with van der Waals surface area (Å²) in [5.74, 6) is 0.754. The molecule has 0 aliphatic heterocycles. The first-order valence-electron chi connectivity index (χ1n) is 12.9. The third-order valence-electron chi connectivity index (χ3n) is 6.62. The van der Waals surface area contributed by atoms with E-state index in [1.165, 1.54) is 128 Å². The maximum Gasteiger partial charge on any atom is 0.0182 e. The predicted molar refractivity (Wildman–Crippen MR) is 125 cm³/mol. The summed E-state index contributed by atoms with van der Waals surface area (Å²) in [6.07, 6.45) is 27.4. The van der Waals surface area contributed by atoms with Crippen LogP contribution in [-0.2, 0) is 0 Å². The van der Waals surface area contributed by atoms with Crippen LogP contribution in [0.5, 0.6) is 0 Å². The van der Waals surface area contributed by atoms with Gasteiger partial charge in [-0.25, -0.2) is 0 Å². The minimum absolute atomic E-state index is 0.112. The van der Waals surface area contributed by atoms with E-state index in [1.54, 1.807) is 0 Å². The van der Waals surface area contributed by atoms with Crippen molar-refractivity contribution in [1.82, 2.24) is 0 Å². The molecule has 0 spiro atoms. The Morgan fingerprint density at radius 3 is 1.30 bits per heavy atom. The summed E-state index contributed by atoms with van der Waals surface area (Å²) >= 11 is 0. The SMILES string of the molecule is CCCCCCCCCCCCC(CCCC)C(N)(CCCC)CCCC. The summed E-state index contributed by atoms with van der Waals surface area (Å²) in [6.45, 7) is 9.25. The summed E-state index contributed by atoms with van der Waals surface area (Å²) in [7, 11) is 0. The molecular weight excluding hydrogens is 326 g/mol. The molecular formula is C26H55N. The topological polar surface area (TPSA) is 26.0 Å². The average Bonchev–Trinajstić information content (AvgIpc) is 2.68. The van der Waals surface area contributed by atoms with Crippen molar-refractivity contribution in [2.75, 3.05) is 0 Å². The fourth-order valence-corrected chi connectivity index (χ4v) is 4.59. The van der Waals surface area contributed by atoms with Crippen LogP contribution in [0.2, 0.25) is 0 Å². The lowest BCUT2D eigenvalue weighted by molar-refractivity contribution is 0.193. The zero-order chi connectivity index (χ0) is 20.2. The summed E-state index contributed by atoms with van der Waals surface area (Å²) in [5, 5.41) is 0. The largest absolute Gasteiger partial charge is 0.325 e. The zero-order valence-electron chi connectivity index (χ0n) is 19.8. The number of hydrogen-bond acceptors (Lipinski definition) is 1. The highest BCUT2D eigenvalue weighted by molar-refractivity contribution is 4.91. The molecule has 1 unspecified atom stereocenters. The van der Waals surface area contributed by atoms with Crippen molar-refractivity contribution in [2.24, 2.45) is 11.7 Å². The van der Waals surface area contributed by atoms with Crippen LogP contribution < -0.4 is 5.73 Å². The van der Waals surface area contributed by atoms with Crippen molar-refractivity contribution < 1.29 is 0 Å². The quantitative estimate of drug-likeness (QED) is 0.197. The molecule has 1 nitrogen and oxygen atoms in total. The summed E-state index contributed by atoms with van der Waals surface area (Å²) in [5.41, 5.74) is 7.19. The molecule has 0 rings (SSSR count). The van der Waals surface area contributed by atoms with Gasteiger partial charge in [-0.05, 0) is 31.6 Å². The van der Waals surface area contributed by atoms with E-state index in [4.69, 9.17) is 5.73 Å². The molecule has 1 heteroatoms. The molecule has 0 aromatic carbocycles. The van der Waals surface area contributed by atoms with Gasteiger partial charge in [0.25, 0.3) is 0 Å². The molecule has 0 aliphatic carbocycles. The van der Waals surface area contributed by atoms with Crippen LogP contribution in [0.1, 0.15) is 156 Å². The second kappa shape index (κ2) is 19.3. The molecule has 0 bridgehead atoms. The normalized spacial score (nSPS) is 13.2. The fourth-order valence-electron chi connectivity index (χ4n) is 4.59. The fraction of sp³-hybridized carbons (Fsp3) is 1.00. The van der Waals surface area contributed by atoms with Gasteiger partial charge in [-0.1, -0.05) is 130 Å². The highest BCUT2D eigenvalue weighted by atomic mass is 14.8. The molecule has 0 amide bonds. The van der Waals surface area contributed by atoms with Gasteiger partial charge < -0.3 is 5.73 Å². The van der Waals surface area contributed by atoms with Gasteiger partial charge in [0.1, 0.15) is 0 Å². The van der Waals surface area contributed by atoms with Crippen LogP contribution in [0.3, 0.4) is 0 Å². The minimum atomic E-state index is 0.112. The number of rotatable bonds is 21. The van der Waals surface area contributed by atoms with Crippen molar-refractivity contribution in [2.45, 2.75) is 162 Å². The van der Waals surface area contributed by atoms with Crippen LogP contribution in [0.25, 0.3) is 0 Å². The van der Waals surface area contributed by atoms with Gasteiger partial charge in [-0.3, -0.25) is 0 Å². The van der Waals surface area contributed by atoms with Gasteiger partial charge in [-0.15, -0.1) is 0 Å². The van der Waals surface area contributed by atoms with E-state index in [-0.39, 0.29) is 5.54 Å². The van der Waals surface area contributed by atoms with Gasteiger partial charge >= 0.3 is 0 Å². The average molecular weight is 382 g/mol. The number of nitrogens with two attached hydrogens (primary N) is 1. The van der Waals surface area contributed by atoms with Crippen LogP contribution >= 0.6 is 0 Å². The minimum Gasteiger partial charge on any atom is -0.325 e. The second-order valence-electron chi connectivity index (χ2n) is 9.25. The molecule has 0 saturated heterocycles. The first-order chi connectivity index (χ1) is 13.1. The zero-order valence-corrected chi connectivity index (χ0v) is 19.8. The molecule has 0 radical (unpaired) electrons. The van der Waals surface area contributed by atoms with Gasteiger partial charge in [0.15, 0.2) is 0 Å².